The van der Waals surface area contributed by atoms with Crippen LogP contribution < -0.4 is 10.1 Å². The summed E-state index contributed by atoms with van der Waals surface area (Å²) in [5.41, 5.74) is 0. The molecule has 3 heteroatoms. The summed E-state index contributed by atoms with van der Waals surface area (Å²) in [6.45, 7) is 3.03. The Balaban J connectivity index is 1.68. The zero-order valence-corrected chi connectivity index (χ0v) is 12.6. The topological polar surface area (TPSA) is 21.3 Å². The highest BCUT2D eigenvalue weighted by Crippen LogP contribution is 2.25. The molecule has 1 atom stereocenters. The summed E-state index contributed by atoms with van der Waals surface area (Å²) in [5, 5.41) is 5.93. The van der Waals surface area contributed by atoms with E-state index in [2.05, 4.69) is 58.5 Å². The van der Waals surface area contributed by atoms with Gasteiger partial charge >= 0.3 is 0 Å². The zero-order chi connectivity index (χ0) is 13.2. The maximum Gasteiger partial charge on any atom is 0.120 e. The van der Waals surface area contributed by atoms with Gasteiger partial charge in [0.25, 0.3) is 0 Å². The lowest BCUT2D eigenvalue weighted by Gasteiger charge is -2.15. The van der Waals surface area contributed by atoms with Gasteiger partial charge in [0.15, 0.2) is 0 Å². The quantitative estimate of drug-likeness (QED) is 0.895. The molecule has 2 nitrogen and oxygen atoms in total. The molecule has 0 heterocycles. The molecule has 0 radical (unpaired) electrons. The van der Waals surface area contributed by atoms with Crippen molar-refractivity contribution in [2.75, 3.05) is 6.54 Å². The Bertz CT molecular complexity index is 580. The van der Waals surface area contributed by atoms with E-state index in [-0.39, 0.29) is 6.10 Å². The van der Waals surface area contributed by atoms with Crippen molar-refractivity contribution < 1.29 is 4.74 Å². The number of rotatable bonds is 5. The molecule has 1 unspecified atom stereocenters. The number of benzene rings is 2. The Labute approximate surface area is 122 Å². The van der Waals surface area contributed by atoms with E-state index in [1.165, 1.54) is 23.6 Å². The highest BCUT2D eigenvalue weighted by molar-refractivity contribution is 9.10. The fraction of sp³-hybridized carbons (Fsp3) is 0.375. The average Bonchev–Trinajstić information content (AvgIpc) is 3.21. The van der Waals surface area contributed by atoms with E-state index in [1.807, 2.05) is 6.07 Å². The van der Waals surface area contributed by atoms with Gasteiger partial charge in [0.1, 0.15) is 11.9 Å². The molecule has 100 valence electrons. The van der Waals surface area contributed by atoms with Crippen LogP contribution >= 0.6 is 15.9 Å². The van der Waals surface area contributed by atoms with Gasteiger partial charge in [-0.05, 0) is 54.8 Å². The molecule has 0 bridgehead atoms. The molecule has 2 aromatic carbocycles. The number of ether oxygens (including phenoxy) is 1. The summed E-state index contributed by atoms with van der Waals surface area (Å²) >= 11 is 3.49. The van der Waals surface area contributed by atoms with E-state index in [0.29, 0.717) is 0 Å². The van der Waals surface area contributed by atoms with Crippen LogP contribution in [0, 0.1) is 0 Å². The van der Waals surface area contributed by atoms with Crippen LogP contribution in [0.15, 0.2) is 40.9 Å². The van der Waals surface area contributed by atoms with Crippen LogP contribution in [0.5, 0.6) is 5.75 Å². The molecule has 0 aromatic heterocycles. The first-order chi connectivity index (χ1) is 9.20. The third kappa shape index (κ3) is 3.48. The Kier molecular flexibility index (Phi) is 3.76. The second-order valence-electron chi connectivity index (χ2n) is 5.26. The van der Waals surface area contributed by atoms with E-state index in [9.17, 15) is 0 Å². The Morgan fingerprint density at radius 1 is 1.21 bits per heavy atom. The highest BCUT2D eigenvalue weighted by Gasteiger charge is 2.21. The number of hydrogen-bond acceptors (Lipinski definition) is 2. The summed E-state index contributed by atoms with van der Waals surface area (Å²) in [4.78, 5) is 0. The zero-order valence-electron chi connectivity index (χ0n) is 11.0. The van der Waals surface area contributed by atoms with E-state index < -0.39 is 0 Å². The molecule has 1 aliphatic carbocycles. The number of hydrogen-bond donors (Lipinski definition) is 1. The van der Waals surface area contributed by atoms with Crippen LogP contribution in [0.25, 0.3) is 10.8 Å². The van der Waals surface area contributed by atoms with Crippen LogP contribution in [0.1, 0.15) is 19.8 Å². The van der Waals surface area contributed by atoms with Crippen molar-refractivity contribution in [1.29, 1.82) is 0 Å². The Morgan fingerprint density at radius 3 is 2.74 bits per heavy atom. The van der Waals surface area contributed by atoms with Crippen LogP contribution in [-0.4, -0.2) is 18.7 Å². The van der Waals surface area contributed by atoms with Crippen molar-refractivity contribution in [2.45, 2.75) is 31.9 Å². The molecule has 1 saturated carbocycles. The fourth-order valence-electron chi connectivity index (χ4n) is 2.16. The van der Waals surface area contributed by atoms with E-state index >= 15 is 0 Å². The van der Waals surface area contributed by atoms with Crippen LogP contribution in [-0.2, 0) is 0 Å². The van der Waals surface area contributed by atoms with Gasteiger partial charge in [0, 0.05) is 17.1 Å². The maximum absolute atomic E-state index is 5.96. The summed E-state index contributed by atoms with van der Waals surface area (Å²) < 4.78 is 7.06. The molecule has 1 fully saturated rings. The Morgan fingerprint density at radius 2 is 1.95 bits per heavy atom. The normalized spacial score (nSPS) is 16.5. The summed E-state index contributed by atoms with van der Waals surface area (Å²) in [6.07, 6.45) is 2.84. The summed E-state index contributed by atoms with van der Waals surface area (Å²) in [7, 11) is 0. The summed E-state index contributed by atoms with van der Waals surface area (Å²) in [6, 6.07) is 13.3. The minimum absolute atomic E-state index is 0.202. The number of halogens is 1. The van der Waals surface area contributed by atoms with Crippen molar-refractivity contribution >= 4 is 26.7 Å². The van der Waals surface area contributed by atoms with E-state index in [1.54, 1.807) is 0 Å². The van der Waals surface area contributed by atoms with Gasteiger partial charge in [-0.15, -0.1) is 0 Å². The first kappa shape index (κ1) is 12.9. The minimum atomic E-state index is 0.202. The SMILES string of the molecule is CC(CNC1CC1)Oc1ccc2cc(Br)ccc2c1. The van der Waals surface area contributed by atoms with Crippen LogP contribution in [0.2, 0.25) is 0 Å². The van der Waals surface area contributed by atoms with E-state index in [4.69, 9.17) is 4.74 Å². The van der Waals surface area contributed by atoms with Gasteiger partial charge in [-0.25, -0.2) is 0 Å². The number of fused-ring (bicyclic) bond motifs is 1. The monoisotopic (exact) mass is 319 g/mol. The average molecular weight is 320 g/mol. The molecule has 0 amide bonds. The number of nitrogens with one attached hydrogen (secondary N) is 1. The predicted octanol–water partition coefficient (Wildman–Crippen LogP) is 4.12. The third-order valence-corrected chi connectivity index (χ3v) is 3.88. The van der Waals surface area contributed by atoms with Crippen molar-refractivity contribution in [3.8, 4) is 5.75 Å². The van der Waals surface area contributed by atoms with Gasteiger partial charge in [-0.1, -0.05) is 28.1 Å². The van der Waals surface area contributed by atoms with Gasteiger partial charge in [0.2, 0.25) is 0 Å². The fourth-order valence-corrected chi connectivity index (χ4v) is 2.54. The van der Waals surface area contributed by atoms with Crippen molar-refractivity contribution in [1.82, 2.24) is 5.32 Å². The smallest absolute Gasteiger partial charge is 0.120 e. The molecule has 0 aliphatic heterocycles. The molecular formula is C16H18BrNO. The minimum Gasteiger partial charge on any atom is -0.489 e. The van der Waals surface area contributed by atoms with Gasteiger partial charge in [0.05, 0.1) is 0 Å². The van der Waals surface area contributed by atoms with Gasteiger partial charge in [-0.3, -0.25) is 0 Å². The van der Waals surface area contributed by atoms with Crippen molar-refractivity contribution in [3.63, 3.8) is 0 Å². The lowest BCUT2D eigenvalue weighted by Crippen LogP contribution is -2.30. The molecule has 0 saturated heterocycles. The third-order valence-electron chi connectivity index (χ3n) is 3.38. The lowest BCUT2D eigenvalue weighted by atomic mass is 10.1. The second kappa shape index (κ2) is 5.51. The molecule has 0 spiro atoms. The molecule has 3 rings (SSSR count). The van der Waals surface area contributed by atoms with Crippen molar-refractivity contribution in [3.05, 3.63) is 40.9 Å². The molecule has 1 aliphatic rings. The lowest BCUT2D eigenvalue weighted by molar-refractivity contribution is 0.217. The van der Waals surface area contributed by atoms with Crippen LogP contribution in [0.3, 0.4) is 0 Å². The predicted molar refractivity (Wildman–Crippen MR) is 82.8 cm³/mol. The molecular weight excluding hydrogens is 302 g/mol. The van der Waals surface area contributed by atoms with Crippen molar-refractivity contribution in [2.24, 2.45) is 0 Å². The second-order valence-corrected chi connectivity index (χ2v) is 6.18. The highest BCUT2D eigenvalue weighted by atomic mass is 79.9. The maximum atomic E-state index is 5.96. The first-order valence-electron chi connectivity index (χ1n) is 6.80. The van der Waals surface area contributed by atoms with E-state index in [0.717, 1.165) is 22.8 Å². The van der Waals surface area contributed by atoms with Gasteiger partial charge in [-0.2, -0.15) is 0 Å². The summed E-state index contributed by atoms with van der Waals surface area (Å²) in [5.74, 6) is 0.944. The molecule has 2 aromatic rings. The first-order valence-corrected chi connectivity index (χ1v) is 7.59. The van der Waals surface area contributed by atoms with Gasteiger partial charge < -0.3 is 10.1 Å². The standard InChI is InChI=1S/C16H18BrNO/c1-11(10-18-15-5-6-15)19-16-7-3-12-8-14(17)4-2-13(12)9-16/h2-4,7-9,11,15,18H,5-6,10H2,1H3. The molecule has 1 N–H and O–H groups in total. The Hall–Kier alpha value is -1.06. The van der Waals surface area contributed by atoms with Crippen LogP contribution in [0.4, 0.5) is 0 Å². The molecule has 19 heavy (non-hydrogen) atoms. The largest absolute Gasteiger partial charge is 0.489 e.